The lowest BCUT2D eigenvalue weighted by Gasteiger charge is -2.42. The molecule has 1 saturated heterocycles. The van der Waals surface area contributed by atoms with Crippen molar-refractivity contribution in [1.82, 2.24) is 30.3 Å². The van der Waals surface area contributed by atoms with Crippen molar-refractivity contribution in [3.05, 3.63) is 162 Å². The third-order valence-corrected chi connectivity index (χ3v) is 15.8. The summed E-state index contributed by atoms with van der Waals surface area (Å²) in [5, 5.41) is 29.4. The molecule has 0 saturated carbocycles. The fourth-order valence-corrected chi connectivity index (χ4v) is 12.3. The lowest BCUT2D eigenvalue weighted by Crippen LogP contribution is -2.61. The van der Waals surface area contributed by atoms with Crippen LogP contribution in [0.25, 0.3) is 11.0 Å². The first-order valence-electron chi connectivity index (χ1n) is 26.9. The number of ether oxygens (including phenoxy) is 1. The molecule has 1 fully saturated rings. The summed E-state index contributed by atoms with van der Waals surface area (Å²) >= 11 is 4.54. The molecule has 0 bridgehead atoms. The number of nitrogens with zero attached hydrogens (tertiary/aromatic N) is 4. The fourth-order valence-electron chi connectivity index (χ4n) is 10.2. The molecule has 0 spiro atoms. The summed E-state index contributed by atoms with van der Waals surface area (Å²) in [5.74, 6) is 0.878. The summed E-state index contributed by atoms with van der Waals surface area (Å²) in [6.07, 6.45) is 6.08. The number of furan rings is 1. The second kappa shape index (κ2) is 28.2. The molecule has 15 heteroatoms. The first kappa shape index (κ1) is 58.9. The van der Waals surface area contributed by atoms with Gasteiger partial charge in [0.2, 0.25) is 11.8 Å². The van der Waals surface area contributed by atoms with Gasteiger partial charge in [-0.25, -0.2) is 0 Å². The zero-order chi connectivity index (χ0) is 54.4. The predicted molar refractivity (Wildman–Crippen MR) is 317 cm³/mol. The minimum atomic E-state index is -0.833. The number of carbonyl (C=O) groups is 3. The maximum Gasteiger partial charge on any atom is 0.239 e. The molecule has 5 atom stereocenters. The molecule has 3 heterocycles. The van der Waals surface area contributed by atoms with Crippen molar-refractivity contribution in [1.29, 1.82) is 0 Å². The lowest BCUT2D eigenvalue weighted by molar-refractivity contribution is -0.132. The highest BCUT2D eigenvalue weighted by Gasteiger charge is 2.37. The summed E-state index contributed by atoms with van der Waals surface area (Å²) in [6, 6.07) is 32.3. The molecule has 0 unspecified atom stereocenters. The number of nitrogens with one attached hydrogen (secondary N) is 2. The van der Waals surface area contributed by atoms with Crippen LogP contribution in [0.5, 0.6) is 5.75 Å². The number of aromatic nitrogens is 1. The van der Waals surface area contributed by atoms with Crippen LogP contribution in [0.15, 0.2) is 120 Å². The molecule has 2 aromatic heterocycles. The Balaban J connectivity index is 0.000000237. The number of unbranched alkanes of at least 4 members (excludes halogenated alkanes) is 1. The van der Waals surface area contributed by atoms with Crippen LogP contribution in [0.2, 0.25) is 0 Å². The zero-order valence-corrected chi connectivity index (χ0v) is 49.3. The number of ketones is 1. The molecule has 6 aromatic rings. The molecule has 4 N–H and O–H groups in total. The molecule has 13 nitrogen and oxygen atoms in total. The standard InChI is InChI=1S/C36H47N5O4.C25H29I2NO3/c1-36(2,3)39-35(45)31-24-40(22-26-12-9-15-37-21-26)16-17-41(31)23-29(42)19-28(18-25-10-5-4-6-11-25)34(44)38-33-30-14-8-7-13-27(30)20-32(33)43;1-4-7-11-22-23(18-10-8-9-12-21(18)31-22)24(29)17-15-19(26)25(20(27)16-17)30-14-13-28(5-2)6-3/h4-15,21,28-29,31-33,42-43H,16-20,22-24H2,1-3H3,(H,38,44)(H,39,45);8-10,12,15-16H,4-7,11,13-14H2,1-3H3/t28-,29+,31+,32-,33+;/m1./s1. The third kappa shape index (κ3) is 16.2. The normalized spacial score (nSPS) is 17.6. The number of pyridine rings is 1. The number of hydrogen-bond donors (Lipinski definition) is 4. The van der Waals surface area contributed by atoms with Gasteiger partial charge in [-0.3, -0.25) is 29.2 Å². The first-order valence-corrected chi connectivity index (χ1v) is 29.1. The number of β-amino-alcohol motifs (C(OH)–C–C–N with tert-alkyl or cyclic N) is 1. The largest absolute Gasteiger partial charge is 0.490 e. The highest BCUT2D eigenvalue weighted by molar-refractivity contribution is 14.1. The van der Waals surface area contributed by atoms with E-state index in [4.69, 9.17) is 9.15 Å². The first-order chi connectivity index (χ1) is 36.5. The Morgan fingerprint density at radius 1 is 0.908 bits per heavy atom. The maximum atomic E-state index is 13.8. The number of amides is 2. The van der Waals surface area contributed by atoms with Gasteiger partial charge >= 0.3 is 0 Å². The number of rotatable bonds is 22. The Labute approximate surface area is 476 Å². The summed E-state index contributed by atoms with van der Waals surface area (Å²) in [4.78, 5) is 51.8. The number of aryl methyl sites for hydroxylation is 1. The van der Waals surface area contributed by atoms with E-state index in [1.807, 2.05) is 130 Å². The molecule has 406 valence electrons. The van der Waals surface area contributed by atoms with Crippen LogP contribution in [0.4, 0.5) is 0 Å². The molecular formula is C61H76I2N6O7. The number of benzene rings is 4. The Kier molecular flexibility index (Phi) is 21.9. The minimum absolute atomic E-state index is 0.0153. The van der Waals surface area contributed by atoms with E-state index in [9.17, 15) is 24.6 Å². The van der Waals surface area contributed by atoms with Crippen molar-refractivity contribution in [2.75, 3.05) is 52.4 Å². The topological polar surface area (TPSA) is 161 Å². The third-order valence-electron chi connectivity index (χ3n) is 14.2. The van der Waals surface area contributed by atoms with Gasteiger partial charge in [0, 0.05) is 86.9 Å². The van der Waals surface area contributed by atoms with E-state index in [-0.39, 0.29) is 30.6 Å². The van der Waals surface area contributed by atoms with E-state index in [1.54, 1.807) is 6.20 Å². The fraction of sp³-hybridized carbons (Fsp3) is 0.443. The van der Waals surface area contributed by atoms with Gasteiger partial charge in [0.1, 0.15) is 29.7 Å². The van der Waals surface area contributed by atoms with Crippen LogP contribution in [-0.4, -0.2) is 124 Å². The quantitative estimate of drug-likeness (QED) is 0.0379. The number of carbonyl (C=O) groups excluding carboxylic acids is 3. The predicted octanol–water partition coefficient (Wildman–Crippen LogP) is 9.80. The smallest absolute Gasteiger partial charge is 0.239 e. The number of halogens is 2. The molecule has 4 aromatic carbocycles. The average Bonchev–Trinajstić information content (AvgIpc) is 3.94. The van der Waals surface area contributed by atoms with Crippen LogP contribution in [0.3, 0.4) is 0 Å². The zero-order valence-electron chi connectivity index (χ0n) is 44.9. The Hall–Kier alpha value is -4.76. The highest BCUT2D eigenvalue weighted by Crippen LogP contribution is 2.35. The van der Waals surface area contributed by atoms with Gasteiger partial charge < -0.3 is 34.9 Å². The summed E-state index contributed by atoms with van der Waals surface area (Å²) < 4.78 is 14.1. The van der Waals surface area contributed by atoms with Crippen LogP contribution >= 0.6 is 45.2 Å². The molecule has 1 aliphatic heterocycles. The van der Waals surface area contributed by atoms with Gasteiger partial charge in [-0.05, 0) is 145 Å². The summed E-state index contributed by atoms with van der Waals surface area (Å²) in [6.45, 7) is 18.8. The Morgan fingerprint density at radius 2 is 1.61 bits per heavy atom. The van der Waals surface area contributed by atoms with Gasteiger partial charge in [0.15, 0.2) is 5.78 Å². The van der Waals surface area contributed by atoms with Crippen LogP contribution in [0.1, 0.15) is 111 Å². The van der Waals surface area contributed by atoms with Gasteiger partial charge in [-0.2, -0.15) is 0 Å². The number of para-hydroxylation sites is 1. The van der Waals surface area contributed by atoms with Crippen LogP contribution in [0, 0.1) is 13.1 Å². The second-order valence-corrected chi connectivity index (χ2v) is 23.4. The number of aliphatic hydroxyl groups is 2. The molecule has 2 aliphatic rings. The van der Waals surface area contributed by atoms with Crippen molar-refractivity contribution >= 4 is 73.7 Å². The van der Waals surface area contributed by atoms with Crippen molar-refractivity contribution in [3.8, 4) is 5.75 Å². The highest BCUT2D eigenvalue weighted by atomic mass is 127. The number of piperazine rings is 1. The molecule has 0 radical (unpaired) electrons. The molecule has 8 rings (SSSR count). The SMILES string of the molecule is CC(C)(C)NC(=O)[C@@H]1CN(Cc2cccnc2)CCN1C[C@@H](O)C[C@@H](Cc1ccccc1)C(=O)N[C@H]1c2ccccc2C[C@H]1O.CCCCc1oc2ccccc2c1C(=O)c1cc(I)c(OCCN(CC)CC)c(I)c1. The van der Waals surface area contributed by atoms with Gasteiger partial charge in [0.05, 0.1) is 31.0 Å². The van der Waals surface area contributed by atoms with E-state index < -0.39 is 35.7 Å². The second-order valence-electron chi connectivity index (χ2n) is 21.1. The van der Waals surface area contributed by atoms with E-state index in [0.717, 1.165) is 97.3 Å². The summed E-state index contributed by atoms with van der Waals surface area (Å²) in [5.41, 5.74) is 5.83. The maximum absolute atomic E-state index is 13.8. The van der Waals surface area contributed by atoms with Gasteiger partial charge in [-0.1, -0.05) is 106 Å². The lowest BCUT2D eigenvalue weighted by atomic mass is 9.91. The molecule has 2 amide bonds. The molecular weight excluding hydrogens is 1180 g/mol. The van der Waals surface area contributed by atoms with Crippen LogP contribution < -0.4 is 15.4 Å². The average molecular weight is 1260 g/mol. The van der Waals surface area contributed by atoms with Gasteiger partial charge in [-0.15, -0.1) is 0 Å². The van der Waals surface area contributed by atoms with Crippen molar-refractivity contribution in [2.45, 2.75) is 116 Å². The van der Waals surface area contributed by atoms with E-state index in [2.05, 4.69) is 96.3 Å². The van der Waals surface area contributed by atoms with Crippen LogP contribution in [-0.2, 0) is 35.4 Å². The van der Waals surface area contributed by atoms with Crippen molar-refractivity contribution in [3.63, 3.8) is 0 Å². The van der Waals surface area contributed by atoms with Gasteiger partial charge in [0.25, 0.3) is 0 Å². The van der Waals surface area contributed by atoms with E-state index in [0.29, 0.717) is 50.2 Å². The molecule has 76 heavy (non-hydrogen) atoms. The Bertz CT molecular complexity index is 2810. The van der Waals surface area contributed by atoms with Crippen molar-refractivity contribution in [2.24, 2.45) is 5.92 Å². The summed E-state index contributed by atoms with van der Waals surface area (Å²) in [7, 11) is 0. The monoisotopic (exact) mass is 1260 g/mol. The minimum Gasteiger partial charge on any atom is -0.490 e. The number of hydrogen-bond acceptors (Lipinski definition) is 11. The number of aliphatic hydroxyl groups excluding tert-OH is 2. The van der Waals surface area contributed by atoms with E-state index >= 15 is 0 Å². The van der Waals surface area contributed by atoms with Crippen molar-refractivity contribution < 1.29 is 33.8 Å². The van der Waals surface area contributed by atoms with E-state index in [1.165, 1.54) is 0 Å². The number of likely N-dealkylation sites (N-methyl/N-ethyl adjacent to an activating group) is 1. The Morgan fingerprint density at radius 3 is 2.30 bits per heavy atom. The molecule has 1 aliphatic carbocycles. The number of fused-ring (bicyclic) bond motifs is 2.